The largest absolute Gasteiger partial charge is 0.489 e. The molecule has 0 aliphatic carbocycles. The maximum absolute atomic E-state index is 14.4. The van der Waals surface area contributed by atoms with Gasteiger partial charge in [0.2, 0.25) is 5.82 Å². The van der Waals surface area contributed by atoms with Gasteiger partial charge in [-0.2, -0.15) is 4.39 Å². The van der Waals surface area contributed by atoms with Crippen molar-refractivity contribution in [1.82, 2.24) is 0 Å². The second kappa shape index (κ2) is 5.44. The summed E-state index contributed by atoms with van der Waals surface area (Å²) in [4.78, 5) is 24.6. The van der Waals surface area contributed by atoms with Crippen LogP contribution in [0.15, 0.2) is 15.3 Å². The Labute approximate surface area is 143 Å². The third-order valence-corrected chi connectivity index (χ3v) is 4.60. The minimum absolute atomic E-state index is 0.0522. The molecule has 2 unspecified atom stereocenters. The van der Waals surface area contributed by atoms with Crippen molar-refractivity contribution < 1.29 is 23.1 Å². The predicted octanol–water partition coefficient (Wildman–Crippen LogP) is 3.64. The summed E-state index contributed by atoms with van der Waals surface area (Å²) in [5, 5.41) is 0.344. The summed E-state index contributed by atoms with van der Waals surface area (Å²) in [5.41, 5.74) is -0.0576. The third kappa shape index (κ3) is 2.20. The van der Waals surface area contributed by atoms with Crippen molar-refractivity contribution in [1.29, 1.82) is 0 Å². The number of ketones is 1. The van der Waals surface area contributed by atoms with E-state index in [1.807, 2.05) is 19.1 Å². The normalized spacial score (nSPS) is 21.5. The van der Waals surface area contributed by atoms with Crippen LogP contribution in [0, 0.1) is 5.82 Å². The van der Waals surface area contributed by atoms with Crippen LogP contribution >= 0.6 is 0 Å². The molecule has 0 amide bonds. The van der Waals surface area contributed by atoms with Crippen LogP contribution in [0.5, 0.6) is 11.5 Å². The molecule has 1 aromatic heterocycles. The van der Waals surface area contributed by atoms with Crippen LogP contribution in [-0.4, -0.2) is 18.0 Å². The van der Waals surface area contributed by atoms with Gasteiger partial charge in [-0.15, -0.1) is 0 Å². The van der Waals surface area contributed by atoms with Gasteiger partial charge < -0.3 is 13.9 Å². The molecule has 1 aromatic carbocycles. The van der Waals surface area contributed by atoms with Crippen LogP contribution in [0.3, 0.4) is 0 Å². The molecular formula is C19H17FO5. The Morgan fingerprint density at radius 2 is 1.96 bits per heavy atom. The van der Waals surface area contributed by atoms with E-state index in [4.69, 9.17) is 13.9 Å². The maximum atomic E-state index is 14.4. The molecule has 6 heteroatoms. The molecule has 0 saturated carbocycles. The van der Waals surface area contributed by atoms with Gasteiger partial charge in [0.1, 0.15) is 29.3 Å². The second-order valence-electron chi connectivity index (χ2n) is 6.42. The molecule has 2 aliphatic rings. The van der Waals surface area contributed by atoms with Crippen LogP contribution in [0.1, 0.15) is 48.7 Å². The molecule has 3 heterocycles. The van der Waals surface area contributed by atoms with Gasteiger partial charge in [-0.25, -0.2) is 4.79 Å². The molecule has 25 heavy (non-hydrogen) atoms. The lowest BCUT2D eigenvalue weighted by Crippen LogP contribution is -2.27. The van der Waals surface area contributed by atoms with Crippen LogP contribution in [0.25, 0.3) is 17.0 Å². The number of benzene rings is 1. The fraction of sp³-hybridized carbons (Fsp3) is 0.368. The van der Waals surface area contributed by atoms with E-state index in [1.165, 1.54) is 0 Å². The van der Waals surface area contributed by atoms with E-state index >= 15 is 0 Å². The number of hydrogen-bond donors (Lipinski definition) is 0. The summed E-state index contributed by atoms with van der Waals surface area (Å²) in [7, 11) is 0. The van der Waals surface area contributed by atoms with Crippen molar-refractivity contribution in [3.05, 3.63) is 39.0 Å². The molecular weight excluding hydrogens is 327 g/mol. The number of hydrogen-bond acceptors (Lipinski definition) is 5. The van der Waals surface area contributed by atoms with Crippen LogP contribution in [0.4, 0.5) is 4.39 Å². The highest BCUT2D eigenvalue weighted by Gasteiger charge is 2.35. The molecule has 0 radical (unpaired) electrons. The van der Waals surface area contributed by atoms with Crippen molar-refractivity contribution >= 4 is 22.8 Å². The van der Waals surface area contributed by atoms with Crippen molar-refractivity contribution in [3.8, 4) is 11.5 Å². The van der Waals surface area contributed by atoms with Crippen molar-refractivity contribution in [2.75, 3.05) is 0 Å². The Balaban J connectivity index is 2.24. The first kappa shape index (κ1) is 15.9. The average molecular weight is 344 g/mol. The van der Waals surface area contributed by atoms with Crippen LogP contribution in [0.2, 0.25) is 0 Å². The number of Topliss-reactive ketones (excluding diaryl/α,β-unsaturated/α-hetero) is 1. The Morgan fingerprint density at radius 3 is 2.68 bits per heavy atom. The van der Waals surface area contributed by atoms with E-state index in [9.17, 15) is 14.0 Å². The lowest BCUT2D eigenvalue weighted by molar-refractivity contribution is 0.0870. The van der Waals surface area contributed by atoms with Gasteiger partial charge in [-0.05, 0) is 32.4 Å². The highest BCUT2D eigenvalue weighted by atomic mass is 19.1. The van der Waals surface area contributed by atoms with Gasteiger partial charge in [-0.1, -0.05) is 6.92 Å². The second-order valence-corrected chi connectivity index (χ2v) is 6.42. The first-order valence-electron chi connectivity index (χ1n) is 8.32. The SMILES string of the molecule is CCc1c(F)c(=O)oc2c3c(c4c(c12)OC(C)C=C4)OC(C)CC3=O. The molecule has 2 aromatic rings. The molecule has 130 valence electrons. The number of carbonyl (C=O) groups is 1. The number of halogens is 1. The van der Waals surface area contributed by atoms with E-state index in [1.54, 1.807) is 13.8 Å². The molecule has 2 aliphatic heterocycles. The summed E-state index contributed by atoms with van der Waals surface area (Å²) in [5.74, 6) is -0.401. The fourth-order valence-electron chi connectivity index (χ4n) is 3.49. The summed E-state index contributed by atoms with van der Waals surface area (Å²) >= 11 is 0. The summed E-state index contributed by atoms with van der Waals surface area (Å²) < 4.78 is 31.4. The van der Waals surface area contributed by atoms with Gasteiger partial charge in [-0.3, -0.25) is 4.79 Å². The Kier molecular flexibility index (Phi) is 3.45. The minimum atomic E-state index is -1.09. The predicted molar refractivity (Wildman–Crippen MR) is 90.0 cm³/mol. The van der Waals surface area contributed by atoms with E-state index in [2.05, 4.69) is 0 Å². The molecule has 2 atom stereocenters. The summed E-state index contributed by atoms with van der Waals surface area (Å²) in [6.45, 7) is 5.39. The van der Waals surface area contributed by atoms with E-state index in [-0.39, 0.29) is 47.5 Å². The van der Waals surface area contributed by atoms with Gasteiger partial charge in [0.25, 0.3) is 0 Å². The van der Waals surface area contributed by atoms with Gasteiger partial charge in [0.15, 0.2) is 11.4 Å². The smallest absolute Gasteiger partial charge is 0.372 e. The fourth-order valence-corrected chi connectivity index (χ4v) is 3.49. The first-order chi connectivity index (χ1) is 11.9. The molecule has 0 spiro atoms. The zero-order valence-electron chi connectivity index (χ0n) is 14.1. The Morgan fingerprint density at radius 1 is 1.20 bits per heavy atom. The van der Waals surface area contributed by atoms with Crippen molar-refractivity contribution in [2.45, 2.75) is 45.8 Å². The topological polar surface area (TPSA) is 65.7 Å². The first-order valence-corrected chi connectivity index (χ1v) is 8.32. The molecule has 0 fully saturated rings. The zero-order chi connectivity index (χ0) is 17.9. The average Bonchev–Trinajstić information content (AvgIpc) is 2.56. The molecule has 0 bridgehead atoms. The minimum Gasteiger partial charge on any atom is -0.489 e. The van der Waals surface area contributed by atoms with E-state index < -0.39 is 11.4 Å². The quantitative estimate of drug-likeness (QED) is 0.739. The van der Waals surface area contributed by atoms with Gasteiger partial charge in [0.05, 0.1) is 10.9 Å². The lowest BCUT2D eigenvalue weighted by Gasteiger charge is -2.29. The highest BCUT2D eigenvalue weighted by molar-refractivity contribution is 6.13. The number of ether oxygens (including phenoxy) is 2. The summed E-state index contributed by atoms with van der Waals surface area (Å²) in [6.07, 6.45) is 3.56. The van der Waals surface area contributed by atoms with Crippen molar-refractivity contribution in [3.63, 3.8) is 0 Å². The highest BCUT2D eigenvalue weighted by Crippen LogP contribution is 2.47. The maximum Gasteiger partial charge on any atom is 0.372 e. The standard InChI is InChI=1S/C19H17FO5/c1-4-10-13-16-11(6-5-8(2)23-16)17-14(12(21)7-9(3)24-17)18(13)25-19(22)15(10)20/h5-6,8-9H,4,7H2,1-3H3. The Hall–Kier alpha value is -2.63. The van der Waals surface area contributed by atoms with Crippen LogP contribution in [-0.2, 0) is 6.42 Å². The number of carbonyl (C=O) groups excluding carboxylic acids is 1. The monoisotopic (exact) mass is 344 g/mol. The molecule has 0 N–H and O–H groups in total. The van der Waals surface area contributed by atoms with Gasteiger partial charge in [0, 0.05) is 12.0 Å². The van der Waals surface area contributed by atoms with Crippen molar-refractivity contribution in [2.24, 2.45) is 0 Å². The van der Waals surface area contributed by atoms with Gasteiger partial charge >= 0.3 is 5.63 Å². The molecule has 0 saturated heterocycles. The molecule has 4 rings (SSSR count). The lowest BCUT2D eigenvalue weighted by atomic mass is 9.91. The number of rotatable bonds is 1. The van der Waals surface area contributed by atoms with E-state index in [0.29, 0.717) is 22.4 Å². The number of aryl methyl sites for hydroxylation is 1. The molecule has 5 nitrogen and oxygen atoms in total. The summed E-state index contributed by atoms with van der Waals surface area (Å²) in [6, 6.07) is 0. The Bertz CT molecular complexity index is 1000. The van der Waals surface area contributed by atoms with Crippen LogP contribution < -0.4 is 15.1 Å². The number of fused-ring (bicyclic) bond motifs is 6. The van der Waals surface area contributed by atoms with E-state index in [0.717, 1.165) is 0 Å². The third-order valence-electron chi connectivity index (χ3n) is 4.60. The zero-order valence-corrected chi connectivity index (χ0v) is 14.1.